The minimum atomic E-state index is -4.23. The van der Waals surface area contributed by atoms with Gasteiger partial charge >= 0.3 is 5.97 Å². The third kappa shape index (κ3) is 4.98. The average molecular weight is 320 g/mol. The van der Waals surface area contributed by atoms with Crippen LogP contribution in [0.2, 0.25) is 0 Å². The molecular formula is C16H16O5S. The summed E-state index contributed by atoms with van der Waals surface area (Å²) in [6.07, 6.45) is 1.73. The van der Waals surface area contributed by atoms with E-state index in [-0.39, 0.29) is 23.0 Å². The first kappa shape index (κ1) is 16.2. The Morgan fingerprint density at radius 1 is 1.00 bits per heavy atom. The minimum absolute atomic E-state index is 0.239. The molecule has 5 nitrogen and oxygen atoms in total. The van der Waals surface area contributed by atoms with Crippen LogP contribution in [0, 0.1) is 0 Å². The maximum Gasteiger partial charge on any atom is 0.311 e. The van der Waals surface area contributed by atoms with E-state index in [0.717, 1.165) is 12.0 Å². The van der Waals surface area contributed by atoms with Gasteiger partial charge in [0.25, 0.3) is 10.1 Å². The van der Waals surface area contributed by atoms with Crippen molar-refractivity contribution in [2.75, 3.05) is 0 Å². The Bertz CT molecular complexity index is 721. The molecule has 2 rings (SSSR count). The summed E-state index contributed by atoms with van der Waals surface area (Å²) in [5.41, 5.74) is 1.16. The summed E-state index contributed by atoms with van der Waals surface area (Å²) in [7, 11) is -4.23. The van der Waals surface area contributed by atoms with E-state index in [0.29, 0.717) is 6.42 Å². The van der Waals surface area contributed by atoms with Crippen LogP contribution < -0.4 is 4.74 Å². The molecule has 2 aromatic carbocycles. The van der Waals surface area contributed by atoms with E-state index in [9.17, 15) is 13.2 Å². The fraction of sp³-hybridized carbons (Fsp3) is 0.188. The van der Waals surface area contributed by atoms with Gasteiger partial charge in [-0.15, -0.1) is 0 Å². The van der Waals surface area contributed by atoms with Gasteiger partial charge < -0.3 is 4.74 Å². The van der Waals surface area contributed by atoms with Crippen molar-refractivity contribution in [3.63, 3.8) is 0 Å². The van der Waals surface area contributed by atoms with E-state index in [1.807, 2.05) is 30.3 Å². The van der Waals surface area contributed by atoms with Crippen LogP contribution in [-0.2, 0) is 21.3 Å². The largest absolute Gasteiger partial charge is 0.427 e. The molecular weight excluding hydrogens is 304 g/mol. The summed E-state index contributed by atoms with van der Waals surface area (Å²) in [4.78, 5) is 11.5. The van der Waals surface area contributed by atoms with Gasteiger partial charge in [0.15, 0.2) is 0 Å². The SMILES string of the molecule is O=C(CCCc1ccccc1)Oc1ccc(S(=O)(=O)O)cc1. The molecule has 0 amide bonds. The van der Waals surface area contributed by atoms with Crippen molar-refractivity contribution >= 4 is 16.1 Å². The van der Waals surface area contributed by atoms with Crippen LogP contribution in [-0.4, -0.2) is 18.9 Å². The van der Waals surface area contributed by atoms with Crippen molar-refractivity contribution in [1.29, 1.82) is 0 Å². The Balaban J connectivity index is 1.82. The first-order chi connectivity index (χ1) is 10.4. The molecule has 0 aliphatic carbocycles. The van der Waals surface area contributed by atoms with Crippen LogP contribution in [0.25, 0.3) is 0 Å². The molecule has 0 radical (unpaired) electrons. The highest BCUT2D eigenvalue weighted by Gasteiger charge is 2.10. The number of carbonyl (C=O) groups is 1. The van der Waals surface area contributed by atoms with Gasteiger partial charge in [-0.05, 0) is 42.7 Å². The quantitative estimate of drug-likeness (QED) is 0.503. The third-order valence-corrected chi connectivity index (χ3v) is 3.91. The van der Waals surface area contributed by atoms with Crippen molar-refractivity contribution in [3.05, 3.63) is 60.2 Å². The Hall–Kier alpha value is -2.18. The van der Waals surface area contributed by atoms with Gasteiger partial charge in [0.1, 0.15) is 5.75 Å². The average Bonchev–Trinajstić information content (AvgIpc) is 2.48. The summed E-state index contributed by atoms with van der Waals surface area (Å²) >= 11 is 0. The molecule has 0 unspecified atom stereocenters. The molecule has 22 heavy (non-hydrogen) atoms. The first-order valence-corrected chi connectivity index (χ1v) is 8.21. The van der Waals surface area contributed by atoms with Crippen LogP contribution in [0.3, 0.4) is 0 Å². The summed E-state index contributed by atoms with van der Waals surface area (Å²) in [5.74, 6) is -0.132. The van der Waals surface area contributed by atoms with Crippen LogP contribution in [0.5, 0.6) is 5.75 Å². The Morgan fingerprint density at radius 3 is 2.23 bits per heavy atom. The predicted molar refractivity (Wildman–Crippen MR) is 81.3 cm³/mol. The van der Waals surface area contributed by atoms with E-state index in [2.05, 4.69) is 0 Å². The molecule has 0 aromatic heterocycles. The minimum Gasteiger partial charge on any atom is -0.427 e. The lowest BCUT2D eigenvalue weighted by molar-refractivity contribution is -0.134. The van der Waals surface area contributed by atoms with E-state index in [1.54, 1.807) is 0 Å². The third-order valence-electron chi connectivity index (χ3n) is 3.04. The summed E-state index contributed by atoms with van der Waals surface area (Å²) in [6, 6.07) is 14.9. The van der Waals surface area contributed by atoms with Gasteiger partial charge in [-0.2, -0.15) is 8.42 Å². The maximum absolute atomic E-state index is 11.7. The molecule has 0 spiro atoms. The van der Waals surface area contributed by atoms with Crippen LogP contribution in [0.15, 0.2) is 59.5 Å². The first-order valence-electron chi connectivity index (χ1n) is 6.77. The molecule has 0 bridgehead atoms. The summed E-state index contributed by atoms with van der Waals surface area (Å²) in [6.45, 7) is 0. The molecule has 0 heterocycles. The maximum atomic E-state index is 11.7. The molecule has 0 saturated carbocycles. The lowest BCUT2D eigenvalue weighted by atomic mass is 10.1. The number of ether oxygens (including phenoxy) is 1. The number of aryl methyl sites for hydroxylation is 1. The number of hydrogen-bond acceptors (Lipinski definition) is 4. The van der Waals surface area contributed by atoms with Crippen molar-refractivity contribution in [2.24, 2.45) is 0 Å². The zero-order chi connectivity index (χ0) is 16.0. The molecule has 0 aliphatic heterocycles. The number of benzene rings is 2. The zero-order valence-corrected chi connectivity index (χ0v) is 12.6. The van der Waals surface area contributed by atoms with Crippen molar-refractivity contribution in [1.82, 2.24) is 0 Å². The molecule has 6 heteroatoms. The molecule has 0 fully saturated rings. The van der Waals surface area contributed by atoms with E-state index >= 15 is 0 Å². The Labute approximate surface area is 129 Å². The molecule has 0 saturated heterocycles. The van der Waals surface area contributed by atoms with Gasteiger partial charge in [-0.3, -0.25) is 9.35 Å². The lowest BCUT2D eigenvalue weighted by Gasteiger charge is -2.05. The number of rotatable bonds is 6. The van der Waals surface area contributed by atoms with Gasteiger partial charge in [0, 0.05) is 6.42 Å². The second kappa shape index (κ2) is 7.20. The van der Waals surface area contributed by atoms with Gasteiger partial charge in [0.2, 0.25) is 0 Å². The van der Waals surface area contributed by atoms with Crippen LogP contribution in [0.4, 0.5) is 0 Å². The summed E-state index contributed by atoms with van der Waals surface area (Å²) in [5, 5.41) is 0. The number of hydrogen-bond donors (Lipinski definition) is 1. The topological polar surface area (TPSA) is 80.7 Å². The highest BCUT2D eigenvalue weighted by molar-refractivity contribution is 7.85. The number of esters is 1. The standard InChI is InChI=1S/C16H16O5S/c17-16(8-4-7-13-5-2-1-3-6-13)21-14-9-11-15(12-10-14)22(18,19)20/h1-3,5-6,9-12H,4,7-8H2,(H,18,19,20). The van der Waals surface area contributed by atoms with E-state index in [1.165, 1.54) is 24.3 Å². The van der Waals surface area contributed by atoms with Crippen molar-refractivity contribution in [2.45, 2.75) is 24.2 Å². The Morgan fingerprint density at radius 2 is 1.64 bits per heavy atom. The van der Waals surface area contributed by atoms with Gasteiger partial charge in [-0.1, -0.05) is 30.3 Å². The fourth-order valence-corrected chi connectivity index (χ4v) is 2.42. The molecule has 0 aliphatic rings. The summed E-state index contributed by atoms with van der Waals surface area (Å²) < 4.78 is 35.7. The van der Waals surface area contributed by atoms with Crippen molar-refractivity contribution in [3.8, 4) is 5.75 Å². The highest BCUT2D eigenvalue weighted by Crippen LogP contribution is 2.16. The highest BCUT2D eigenvalue weighted by atomic mass is 32.2. The van der Waals surface area contributed by atoms with E-state index < -0.39 is 10.1 Å². The Kier molecular flexibility index (Phi) is 5.30. The molecule has 2 aromatic rings. The predicted octanol–water partition coefficient (Wildman–Crippen LogP) is 2.86. The second-order valence-electron chi connectivity index (χ2n) is 4.76. The van der Waals surface area contributed by atoms with Crippen LogP contribution in [0.1, 0.15) is 18.4 Å². The van der Waals surface area contributed by atoms with E-state index in [4.69, 9.17) is 9.29 Å². The van der Waals surface area contributed by atoms with Crippen LogP contribution >= 0.6 is 0 Å². The normalized spacial score (nSPS) is 11.1. The monoisotopic (exact) mass is 320 g/mol. The van der Waals surface area contributed by atoms with Crippen molar-refractivity contribution < 1.29 is 22.5 Å². The fourth-order valence-electron chi connectivity index (χ4n) is 1.94. The van der Waals surface area contributed by atoms with Gasteiger partial charge in [-0.25, -0.2) is 0 Å². The lowest BCUT2D eigenvalue weighted by Crippen LogP contribution is -2.08. The molecule has 116 valence electrons. The zero-order valence-electron chi connectivity index (χ0n) is 11.8. The smallest absolute Gasteiger partial charge is 0.311 e. The van der Waals surface area contributed by atoms with Gasteiger partial charge in [0.05, 0.1) is 4.90 Å². The molecule has 0 atom stereocenters. The molecule has 1 N–H and O–H groups in total. The number of carbonyl (C=O) groups excluding carboxylic acids is 1. The second-order valence-corrected chi connectivity index (χ2v) is 6.18.